The minimum absolute atomic E-state index is 0.0187. The molecule has 0 aliphatic carbocycles. The number of rotatable bonds is 5. The molecule has 0 saturated heterocycles. The molecule has 7 heteroatoms. The van der Waals surface area contributed by atoms with E-state index in [4.69, 9.17) is 10.6 Å². The third kappa shape index (κ3) is 2.80. The van der Waals surface area contributed by atoms with Crippen LogP contribution in [0, 0.1) is 10.1 Å². The maximum atomic E-state index is 10.7. The summed E-state index contributed by atoms with van der Waals surface area (Å²) >= 11 is 0. The average Bonchev–Trinajstić information content (AvgIpc) is 2.28. The first-order valence-electron chi connectivity index (χ1n) is 4.87. The Morgan fingerprint density at radius 1 is 1.69 bits per heavy atom. The number of pyridine rings is 1. The van der Waals surface area contributed by atoms with Crippen LogP contribution in [-0.2, 0) is 0 Å². The summed E-state index contributed by atoms with van der Waals surface area (Å²) in [4.78, 5) is 14.1. The lowest BCUT2D eigenvalue weighted by Gasteiger charge is -2.12. The molecule has 0 bridgehead atoms. The van der Waals surface area contributed by atoms with Crippen LogP contribution in [0.4, 0.5) is 11.5 Å². The van der Waals surface area contributed by atoms with Crippen molar-refractivity contribution in [1.82, 2.24) is 4.98 Å². The molecule has 0 saturated carbocycles. The summed E-state index contributed by atoms with van der Waals surface area (Å²) in [6.45, 7) is 3.73. The van der Waals surface area contributed by atoms with Crippen LogP contribution in [-0.4, -0.2) is 16.0 Å². The van der Waals surface area contributed by atoms with Crippen LogP contribution < -0.4 is 16.0 Å². The SMILES string of the molecule is CCC(C)Oc1nc(NN)ccc1[N+](=O)[O-]. The smallest absolute Gasteiger partial charge is 0.331 e. The second-order valence-electron chi connectivity index (χ2n) is 3.26. The molecule has 1 rings (SSSR count). The van der Waals surface area contributed by atoms with Crippen LogP contribution >= 0.6 is 0 Å². The molecule has 0 aliphatic heterocycles. The van der Waals surface area contributed by atoms with Gasteiger partial charge in [0.2, 0.25) is 0 Å². The van der Waals surface area contributed by atoms with Crippen LogP contribution in [0.2, 0.25) is 0 Å². The van der Waals surface area contributed by atoms with E-state index in [1.54, 1.807) is 0 Å². The molecule has 1 unspecified atom stereocenters. The molecule has 0 fully saturated rings. The summed E-state index contributed by atoms with van der Waals surface area (Å²) < 4.78 is 5.35. The quantitative estimate of drug-likeness (QED) is 0.447. The van der Waals surface area contributed by atoms with E-state index in [0.717, 1.165) is 6.42 Å². The van der Waals surface area contributed by atoms with Gasteiger partial charge < -0.3 is 10.2 Å². The van der Waals surface area contributed by atoms with Crippen LogP contribution in [0.5, 0.6) is 5.88 Å². The third-order valence-electron chi connectivity index (χ3n) is 2.07. The number of hydrogen-bond acceptors (Lipinski definition) is 6. The normalized spacial score (nSPS) is 11.9. The number of aromatic nitrogens is 1. The van der Waals surface area contributed by atoms with E-state index >= 15 is 0 Å². The standard InChI is InChI=1S/C9H14N4O3/c1-3-6(2)16-9-7(13(14)15)4-5-8(11-9)12-10/h4-6H,3,10H2,1-2H3,(H,11,12). The predicted octanol–water partition coefficient (Wildman–Crippen LogP) is 1.45. The zero-order chi connectivity index (χ0) is 12.1. The van der Waals surface area contributed by atoms with Gasteiger partial charge in [-0.2, -0.15) is 4.98 Å². The first-order chi connectivity index (χ1) is 7.58. The van der Waals surface area contributed by atoms with E-state index in [1.807, 2.05) is 13.8 Å². The van der Waals surface area contributed by atoms with Crippen molar-refractivity contribution in [2.24, 2.45) is 5.84 Å². The number of ether oxygens (including phenoxy) is 1. The average molecular weight is 226 g/mol. The molecule has 1 aromatic heterocycles. The predicted molar refractivity (Wildman–Crippen MR) is 59.1 cm³/mol. The zero-order valence-corrected chi connectivity index (χ0v) is 9.14. The van der Waals surface area contributed by atoms with Gasteiger partial charge in [0.1, 0.15) is 5.82 Å². The molecule has 7 nitrogen and oxygen atoms in total. The van der Waals surface area contributed by atoms with Gasteiger partial charge in [-0.05, 0) is 19.4 Å². The molecule has 0 radical (unpaired) electrons. The van der Waals surface area contributed by atoms with Crippen molar-refractivity contribution < 1.29 is 9.66 Å². The van der Waals surface area contributed by atoms with Gasteiger partial charge in [-0.15, -0.1) is 0 Å². The lowest BCUT2D eigenvalue weighted by molar-refractivity contribution is -0.386. The van der Waals surface area contributed by atoms with Crippen molar-refractivity contribution in [3.63, 3.8) is 0 Å². The van der Waals surface area contributed by atoms with Crippen LogP contribution in [0.3, 0.4) is 0 Å². The molecule has 0 aromatic carbocycles. The summed E-state index contributed by atoms with van der Waals surface area (Å²) in [5.74, 6) is 5.47. The van der Waals surface area contributed by atoms with E-state index < -0.39 is 4.92 Å². The first-order valence-corrected chi connectivity index (χ1v) is 4.87. The Labute approximate surface area is 92.7 Å². The monoisotopic (exact) mass is 226 g/mol. The van der Waals surface area contributed by atoms with Crippen LogP contribution in [0.15, 0.2) is 12.1 Å². The van der Waals surface area contributed by atoms with Gasteiger partial charge in [0, 0.05) is 6.07 Å². The largest absolute Gasteiger partial charge is 0.470 e. The second kappa shape index (κ2) is 5.26. The summed E-state index contributed by atoms with van der Waals surface area (Å²) in [6, 6.07) is 2.72. The first kappa shape index (κ1) is 12.2. The Balaban J connectivity index is 3.05. The number of hydrogen-bond donors (Lipinski definition) is 2. The number of nitro groups is 1. The summed E-state index contributed by atoms with van der Waals surface area (Å²) in [6.07, 6.45) is 0.596. The number of nitrogens with one attached hydrogen (secondary N) is 1. The van der Waals surface area contributed by atoms with Gasteiger partial charge in [0.15, 0.2) is 0 Å². The molecular weight excluding hydrogens is 212 g/mol. The molecule has 0 amide bonds. The summed E-state index contributed by atoms with van der Waals surface area (Å²) in [5, 5.41) is 10.7. The van der Waals surface area contributed by atoms with Gasteiger partial charge in [-0.25, -0.2) is 5.84 Å². The van der Waals surface area contributed by atoms with E-state index in [0.29, 0.717) is 5.82 Å². The molecule has 1 heterocycles. The Hall–Kier alpha value is -1.89. The summed E-state index contributed by atoms with van der Waals surface area (Å²) in [5.41, 5.74) is 2.14. The highest BCUT2D eigenvalue weighted by molar-refractivity contribution is 5.48. The number of anilines is 1. The molecule has 1 atom stereocenters. The Morgan fingerprint density at radius 3 is 2.88 bits per heavy atom. The topological polar surface area (TPSA) is 103 Å². The maximum absolute atomic E-state index is 10.7. The van der Waals surface area contributed by atoms with Crippen molar-refractivity contribution in [1.29, 1.82) is 0 Å². The van der Waals surface area contributed by atoms with Crippen LogP contribution in [0.25, 0.3) is 0 Å². The highest BCUT2D eigenvalue weighted by Crippen LogP contribution is 2.27. The number of nitrogens with zero attached hydrogens (tertiary/aromatic N) is 2. The number of hydrazine groups is 1. The van der Waals surface area contributed by atoms with Crippen LogP contribution in [0.1, 0.15) is 20.3 Å². The van der Waals surface area contributed by atoms with E-state index in [9.17, 15) is 10.1 Å². The van der Waals surface area contributed by atoms with Gasteiger partial charge >= 0.3 is 5.69 Å². The lowest BCUT2D eigenvalue weighted by Crippen LogP contribution is -2.14. The minimum atomic E-state index is -0.537. The van der Waals surface area contributed by atoms with Crippen molar-refractivity contribution in [3.05, 3.63) is 22.2 Å². The Morgan fingerprint density at radius 2 is 2.38 bits per heavy atom. The lowest BCUT2D eigenvalue weighted by atomic mass is 10.3. The summed E-state index contributed by atoms with van der Waals surface area (Å²) in [7, 11) is 0. The molecule has 88 valence electrons. The molecule has 0 spiro atoms. The maximum Gasteiger partial charge on any atom is 0.331 e. The van der Waals surface area contributed by atoms with Gasteiger partial charge in [0.25, 0.3) is 5.88 Å². The van der Waals surface area contributed by atoms with Crippen molar-refractivity contribution in [2.45, 2.75) is 26.4 Å². The number of nitrogens with two attached hydrogens (primary N) is 1. The molecule has 3 N–H and O–H groups in total. The van der Waals surface area contributed by atoms with E-state index in [1.165, 1.54) is 12.1 Å². The second-order valence-corrected chi connectivity index (χ2v) is 3.26. The molecule has 16 heavy (non-hydrogen) atoms. The van der Waals surface area contributed by atoms with Gasteiger partial charge in [0.05, 0.1) is 11.0 Å². The van der Waals surface area contributed by atoms with E-state index in [2.05, 4.69) is 10.4 Å². The molecule has 1 aromatic rings. The Kier molecular flexibility index (Phi) is 4.01. The van der Waals surface area contributed by atoms with Crippen molar-refractivity contribution in [2.75, 3.05) is 5.43 Å². The van der Waals surface area contributed by atoms with Crippen molar-refractivity contribution in [3.8, 4) is 5.88 Å². The van der Waals surface area contributed by atoms with Crippen molar-refractivity contribution >= 4 is 11.5 Å². The van der Waals surface area contributed by atoms with Gasteiger partial charge in [-0.1, -0.05) is 6.92 Å². The highest BCUT2D eigenvalue weighted by Gasteiger charge is 2.19. The molecule has 0 aliphatic rings. The van der Waals surface area contributed by atoms with Gasteiger partial charge in [-0.3, -0.25) is 10.1 Å². The number of nitrogen functional groups attached to an aromatic ring is 1. The fourth-order valence-corrected chi connectivity index (χ4v) is 1.01. The minimum Gasteiger partial charge on any atom is -0.470 e. The third-order valence-corrected chi connectivity index (χ3v) is 2.07. The van der Waals surface area contributed by atoms with E-state index in [-0.39, 0.29) is 17.7 Å². The Bertz CT molecular complexity index is 383. The zero-order valence-electron chi connectivity index (χ0n) is 9.14. The molecular formula is C9H14N4O3. The highest BCUT2D eigenvalue weighted by atomic mass is 16.6. The fourth-order valence-electron chi connectivity index (χ4n) is 1.01. The fraction of sp³-hybridized carbons (Fsp3) is 0.444.